The summed E-state index contributed by atoms with van der Waals surface area (Å²) >= 11 is 0. The molecule has 0 spiro atoms. The van der Waals surface area contributed by atoms with Gasteiger partial charge in [0.1, 0.15) is 30.2 Å². The van der Waals surface area contributed by atoms with Gasteiger partial charge in [-0.15, -0.1) is 0 Å². The Labute approximate surface area is 570 Å². The van der Waals surface area contributed by atoms with E-state index in [1.165, 1.54) is 19.1 Å². The molecule has 2 fully saturated rings. The van der Waals surface area contributed by atoms with E-state index >= 15 is 0 Å². The van der Waals surface area contributed by atoms with Crippen LogP contribution in [-0.2, 0) is 65.6 Å². The molecule has 2 aliphatic heterocycles. The van der Waals surface area contributed by atoms with E-state index in [0.717, 1.165) is 5.56 Å². The van der Waals surface area contributed by atoms with Crippen LogP contribution in [-0.4, -0.2) is 207 Å². The number of nitrogens with one attached hydrogen (secondary N) is 7. The number of methoxy groups -OCH3 is 2. The van der Waals surface area contributed by atoms with E-state index in [4.69, 9.17) is 20.9 Å². The van der Waals surface area contributed by atoms with Crippen molar-refractivity contribution in [2.75, 3.05) is 66.9 Å². The maximum absolute atomic E-state index is 14.6. The van der Waals surface area contributed by atoms with Gasteiger partial charge in [-0.05, 0) is 119 Å². The van der Waals surface area contributed by atoms with E-state index in [1.807, 2.05) is 90.9 Å². The van der Waals surface area contributed by atoms with E-state index in [0.29, 0.717) is 37.1 Å². The van der Waals surface area contributed by atoms with Crippen molar-refractivity contribution in [3.05, 3.63) is 65.7 Å². The monoisotopic (exact) mass is 1370 g/mol. The van der Waals surface area contributed by atoms with Gasteiger partial charge in [0.05, 0.1) is 42.7 Å². The number of amides is 11. The minimum atomic E-state index is -4.61. The van der Waals surface area contributed by atoms with E-state index in [1.54, 1.807) is 61.9 Å². The Morgan fingerprint density at radius 2 is 1.33 bits per heavy atom. The summed E-state index contributed by atoms with van der Waals surface area (Å²) in [7, 11) is 8.35. The summed E-state index contributed by atoms with van der Waals surface area (Å²) in [6.07, 6.45) is -4.53. The first-order valence-electron chi connectivity index (χ1n) is 34.0. The maximum atomic E-state index is 14.6. The van der Waals surface area contributed by atoms with E-state index in [9.17, 15) is 61.1 Å². The number of likely N-dealkylation sites (N-methyl/N-ethyl adjacent to an activating group) is 2. The molecule has 11 amide bonds. The highest BCUT2D eigenvalue weighted by molar-refractivity contribution is 5.98. The van der Waals surface area contributed by atoms with Crippen molar-refractivity contribution in [2.45, 2.75) is 206 Å². The molecule has 11 N–H and O–H groups in total. The van der Waals surface area contributed by atoms with Gasteiger partial charge in [0.2, 0.25) is 53.2 Å². The van der Waals surface area contributed by atoms with Gasteiger partial charge in [0.15, 0.2) is 0 Å². The highest BCUT2D eigenvalue weighted by Crippen LogP contribution is 2.35. The summed E-state index contributed by atoms with van der Waals surface area (Å²) in [6, 6.07) is 7.21. The highest BCUT2D eigenvalue weighted by Gasteiger charge is 2.48. The molecule has 0 unspecified atom stereocenters. The normalized spacial score (nSPS) is 19.1. The Hall–Kier alpha value is -7.43. The van der Waals surface area contributed by atoms with Crippen LogP contribution in [0.25, 0.3) is 0 Å². The van der Waals surface area contributed by atoms with E-state index in [-0.39, 0.29) is 107 Å². The molecule has 13 atom stereocenters. The predicted molar refractivity (Wildman–Crippen MR) is 362 cm³/mol. The average Bonchev–Trinajstić information content (AvgIpc) is 1.61. The molecule has 2 aromatic rings. The number of alkyl halides is 3. The van der Waals surface area contributed by atoms with Crippen LogP contribution in [0.15, 0.2) is 54.6 Å². The number of carbonyl (C=O) groups excluding carboxylic acids is 10. The molecule has 2 aliphatic rings. The Morgan fingerprint density at radius 1 is 0.691 bits per heavy atom. The van der Waals surface area contributed by atoms with Crippen LogP contribution in [0.4, 0.5) is 23.7 Å². The Kier molecular flexibility index (Phi) is 33.2. The number of hydrogen-bond acceptors (Lipinski definition) is 14. The molecule has 25 nitrogen and oxygen atoms in total. The van der Waals surface area contributed by atoms with Crippen LogP contribution in [0.5, 0.6) is 0 Å². The first-order valence-corrected chi connectivity index (χ1v) is 34.0. The maximum Gasteiger partial charge on any atom is 0.404 e. The predicted octanol–water partition coefficient (Wildman–Crippen LogP) is 4.60. The fourth-order valence-electron chi connectivity index (χ4n) is 13.2. The van der Waals surface area contributed by atoms with Gasteiger partial charge < -0.3 is 68.0 Å². The van der Waals surface area contributed by atoms with Crippen molar-refractivity contribution in [1.82, 2.24) is 51.5 Å². The van der Waals surface area contributed by atoms with E-state index < -0.39 is 132 Å². The molecule has 0 aliphatic carbocycles. The number of nitrogens with zero attached hydrogens (tertiary/aromatic N) is 4. The van der Waals surface area contributed by atoms with E-state index in [2.05, 4.69) is 37.2 Å². The third-order valence-electron chi connectivity index (χ3n) is 18.8. The average molecular weight is 1370 g/mol. The van der Waals surface area contributed by atoms with Crippen molar-refractivity contribution >= 4 is 64.9 Å². The summed E-state index contributed by atoms with van der Waals surface area (Å²) in [5, 5.41) is 19.5. The number of nitrogens with two attached hydrogens (primary N) is 2. The Bertz CT molecular complexity index is 2900. The molecule has 4 rings (SSSR count). The number of likely N-dealkylation sites (tertiary alicyclic amines) is 2. The molecule has 2 saturated heterocycles. The molecule has 0 radical (unpaired) electrons. The molecule has 2 heterocycles. The van der Waals surface area contributed by atoms with Crippen LogP contribution >= 0.6 is 0 Å². The molecule has 97 heavy (non-hydrogen) atoms. The van der Waals surface area contributed by atoms with Gasteiger partial charge in [0, 0.05) is 65.3 Å². The fourth-order valence-corrected chi connectivity index (χ4v) is 13.2. The Balaban J connectivity index is 1.43. The third kappa shape index (κ3) is 24.8. The quantitative estimate of drug-likeness (QED) is 0.0415. The van der Waals surface area contributed by atoms with Gasteiger partial charge in [-0.2, -0.15) is 13.2 Å². The number of benzene rings is 2. The van der Waals surface area contributed by atoms with Crippen molar-refractivity contribution in [1.29, 1.82) is 0 Å². The number of urea groups is 1. The van der Waals surface area contributed by atoms with Gasteiger partial charge in [0.25, 0.3) is 0 Å². The highest BCUT2D eigenvalue weighted by atomic mass is 19.4. The summed E-state index contributed by atoms with van der Waals surface area (Å²) in [4.78, 5) is 142. The molecule has 0 saturated carbocycles. The lowest BCUT2D eigenvalue weighted by Crippen LogP contribution is -2.59. The first kappa shape index (κ1) is 82.0. The lowest BCUT2D eigenvalue weighted by atomic mass is 9.89. The van der Waals surface area contributed by atoms with Crippen molar-refractivity contribution in [2.24, 2.45) is 47.0 Å². The standard InChI is InChI=1S/C69H110F3N13O12/c1-15-43(8)59(83(12)67(94)57(41(4)5)81-66(93)58(42(6)7)82(10)11)52(96-13)38-55(87)85-34-20-25-51(85)60(97-14)44(9)62(89)79-50(36-45-22-17-16-18-23-45)63(90)76-39-46-27-29-48(30-28-46)77-64(91)49(24-19-32-75-68(74)95)78-65(92)56(40(2)3)80-54(86)26-21-33-84-35-31-47(61(73)88)37-53(84)69(70,71)72/h16-18,22-23,27-30,40-44,47,49-53,56-60H,15,19-21,24-26,31-39H2,1-14H3,(H2,73,88)(H,76,90)(H,77,91)(H,78,92)(H,79,89)(H,80,86)(H,81,93)(H3,74,75,95)/t43-,44+,47+,49-,50-,51-,52+,53-,56-,57-,58-,59-,60+/m0/s1. The number of piperidine rings is 1. The first-order chi connectivity index (χ1) is 45.6. The van der Waals surface area contributed by atoms with Crippen LogP contribution < -0.4 is 48.7 Å². The number of primary amides is 2. The number of ether oxygens (including phenoxy) is 2. The largest absolute Gasteiger partial charge is 0.404 e. The zero-order valence-corrected chi connectivity index (χ0v) is 59.2. The zero-order chi connectivity index (χ0) is 72.6. The SMILES string of the molecule is CC[C@H](C)[C@@H]([C@@H](CC(=O)N1CCC[C@H]1[C@H](OC)[C@@H](C)C(=O)N[C@@H](Cc1ccccc1)C(=O)NCc1ccc(NC(=O)[C@H](CCCNC(N)=O)NC(=O)[C@@H](NC(=O)CCCN2CC[C@@H](C(N)=O)C[C@H]2C(F)(F)F)C(C)C)cc1)OC)N(C)C(=O)[C@@H](NC(=O)[C@H](C(C)C)N(C)C)C(C)C. The summed E-state index contributed by atoms with van der Waals surface area (Å²) < 4.78 is 54.0. The smallest absolute Gasteiger partial charge is 0.379 e. The second kappa shape index (κ2) is 39.2. The van der Waals surface area contributed by atoms with Crippen LogP contribution in [0.3, 0.4) is 0 Å². The number of hydrogen-bond donors (Lipinski definition) is 9. The van der Waals surface area contributed by atoms with Crippen molar-refractivity contribution in [3.8, 4) is 0 Å². The molecular formula is C69H110F3N13O12. The molecule has 2 aromatic carbocycles. The van der Waals surface area contributed by atoms with Crippen LogP contribution in [0.1, 0.15) is 138 Å². The number of anilines is 1. The lowest BCUT2D eigenvalue weighted by Gasteiger charge is -2.41. The molecule has 544 valence electrons. The van der Waals surface area contributed by atoms with Crippen molar-refractivity contribution in [3.63, 3.8) is 0 Å². The van der Waals surface area contributed by atoms with Gasteiger partial charge in [-0.25, -0.2) is 4.79 Å². The minimum Gasteiger partial charge on any atom is -0.379 e. The fraction of sp³-hybridized carbons (Fsp3) is 0.681. The number of rotatable bonds is 38. The lowest BCUT2D eigenvalue weighted by molar-refractivity contribution is -0.195. The van der Waals surface area contributed by atoms with Crippen molar-refractivity contribution < 1.29 is 70.6 Å². The van der Waals surface area contributed by atoms with Crippen LogP contribution in [0, 0.1) is 35.5 Å². The van der Waals surface area contributed by atoms with Gasteiger partial charge in [-0.1, -0.05) is 111 Å². The third-order valence-corrected chi connectivity index (χ3v) is 18.8. The topological polar surface area (TPSA) is 338 Å². The summed E-state index contributed by atoms with van der Waals surface area (Å²) in [5.74, 6) is -7.13. The number of carbonyl (C=O) groups is 10. The summed E-state index contributed by atoms with van der Waals surface area (Å²) in [5.41, 5.74) is 12.3. The second-order valence-electron chi connectivity index (χ2n) is 27.2. The zero-order valence-electron chi connectivity index (χ0n) is 59.2. The molecular weight excluding hydrogens is 1260 g/mol. The molecule has 0 bridgehead atoms. The van der Waals surface area contributed by atoms with Crippen LogP contribution in [0.2, 0.25) is 0 Å². The molecule has 28 heteroatoms. The van der Waals surface area contributed by atoms with Gasteiger partial charge >= 0.3 is 12.2 Å². The van der Waals surface area contributed by atoms with Gasteiger partial charge in [-0.3, -0.25) is 53.0 Å². The second-order valence-corrected chi connectivity index (χ2v) is 27.2. The molecule has 0 aromatic heterocycles. The number of halogens is 3. The Morgan fingerprint density at radius 3 is 1.89 bits per heavy atom. The minimum absolute atomic E-state index is 0.00978. The summed E-state index contributed by atoms with van der Waals surface area (Å²) in [6.45, 7) is 17.1.